The quantitative estimate of drug-likeness (QED) is 0.916. The van der Waals surface area contributed by atoms with Crippen molar-refractivity contribution in [3.05, 3.63) is 16.1 Å². The molecule has 2 heterocycles. The predicted octanol–water partition coefficient (Wildman–Crippen LogP) is 2.00. The molecule has 0 unspecified atom stereocenters. The number of nitrogens with zero attached hydrogens (tertiary/aromatic N) is 2. The predicted molar refractivity (Wildman–Crippen MR) is 58.8 cm³/mol. The third-order valence-corrected chi connectivity index (χ3v) is 3.35. The average molecular weight is 273 g/mol. The monoisotopic (exact) mass is 272 g/mol. The first-order chi connectivity index (χ1) is 7.18. The number of rotatable bonds is 3. The smallest absolute Gasteiger partial charge is 0.303 e. The number of carboxylic acid groups (broad SMARTS) is 1. The highest BCUT2D eigenvalue weighted by atomic mass is 79.9. The highest BCUT2D eigenvalue weighted by Gasteiger charge is 2.18. The van der Waals surface area contributed by atoms with Crippen LogP contribution in [0.2, 0.25) is 0 Å². The van der Waals surface area contributed by atoms with E-state index in [4.69, 9.17) is 5.11 Å². The van der Waals surface area contributed by atoms with Crippen molar-refractivity contribution in [3.8, 4) is 0 Å². The molecule has 0 bridgehead atoms. The number of hydrogen-bond donors (Lipinski definition) is 1. The molecule has 2 rings (SSSR count). The molecule has 4 nitrogen and oxygen atoms in total. The minimum atomic E-state index is -0.765. The van der Waals surface area contributed by atoms with E-state index >= 15 is 0 Å². The van der Waals surface area contributed by atoms with Crippen LogP contribution in [0.25, 0.3) is 0 Å². The lowest BCUT2D eigenvalue weighted by Gasteiger charge is -2.16. The van der Waals surface area contributed by atoms with Crippen LogP contribution in [0.1, 0.15) is 30.8 Å². The van der Waals surface area contributed by atoms with Gasteiger partial charge >= 0.3 is 5.97 Å². The summed E-state index contributed by atoms with van der Waals surface area (Å²) in [5, 5.41) is 8.64. The normalized spacial score (nSPS) is 15.0. The van der Waals surface area contributed by atoms with Crippen LogP contribution in [0.3, 0.4) is 0 Å². The van der Waals surface area contributed by atoms with Crippen molar-refractivity contribution in [2.75, 3.05) is 0 Å². The molecule has 0 fully saturated rings. The van der Waals surface area contributed by atoms with Gasteiger partial charge in [-0.05, 0) is 35.2 Å². The average Bonchev–Trinajstić information content (AvgIpc) is 2.54. The lowest BCUT2D eigenvalue weighted by atomic mass is 10.1. The van der Waals surface area contributed by atoms with Gasteiger partial charge in [0.25, 0.3) is 0 Å². The van der Waals surface area contributed by atoms with Gasteiger partial charge in [0, 0.05) is 13.0 Å². The van der Waals surface area contributed by atoms with E-state index in [1.54, 1.807) is 0 Å². The van der Waals surface area contributed by atoms with Gasteiger partial charge in [-0.1, -0.05) is 0 Å². The van der Waals surface area contributed by atoms with E-state index in [1.807, 2.05) is 0 Å². The second kappa shape index (κ2) is 4.35. The molecule has 5 heteroatoms. The Bertz CT molecular complexity index is 387. The summed E-state index contributed by atoms with van der Waals surface area (Å²) >= 11 is 3.43. The van der Waals surface area contributed by atoms with Crippen molar-refractivity contribution in [1.29, 1.82) is 0 Å². The van der Waals surface area contributed by atoms with E-state index in [-0.39, 0.29) is 6.42 Å². The molecule has 1 aliphatic heterocycles. The Labute approximate surface area is 96.4 Å². The maximum atomic E-state index is 10.5. The van der Waals surface area contributed by atoms with E-state index in [2.05, 4.69) is 25.5 Å². The van der Waals surface area contributed by atoms with Crippen LogP contribution in [0, 0.1) is 0 Å². The van der Waals surface area contributed by atoms with Gasteiger partial charge < -0.3 is 9.67 Å². The minimum Gasteiger partial charge on any atom is -0.481 e. The van der Waals surface area contributed by atoms with Gasteiger partial charge in [-0.3, -0.25) is 4.79 Å². The molecular weight excluding hydrogens is 260 g/mol. The summed E-state index contributed by atoms with van der Waals surface area (Å²) in [6.07, 6.45) is 4.08. The minimum absolute atomic E-state index is 0.156. The lowest BCUT2D eigenvalue weighted by molar-refractivity contribution is -0.137. The van der Waals surface area contributed by atoms with E-state index in [0.29, 0.717) is 6.42 Å². The number of aliphatic carboxylic acids is 1. The number of aromatic nitrogens is 2. The number of fused-ring (bicyclic) bond motifs is 1. The highest BCUT2D eigenvalue weighted by molar-refractivity contribution is 9.10. The second-order valence-electron chi connectivity index (χ2n) is 3.77. The number of carboxylic acids is 1. The first kappa shape index (κ1) is 10.7. The van der Waals surface area contributed by atoms with Crippen LogP contribution in [0.15, 0.2) is 4.60 Å². The molecule has 0 spiro atoms. The van der Waals surface area contributed by atoms with Crippen LogP contribution in [-0.2, 0) is 24.2 Å². The first-order valence-corrected chi connectivity index (χ1v) is 5.93. The summed E-state index contributed by atoms with van der Waals surface area (Å²) in [7, 11) is 0. The largest absolute Gasteiger partial charge is 0.481 e. The van der Waals surface area contributed by atoms with Gasteiger partial charge in [0.15, 0.2) is 0 Å². The fraction of sp³-hybridized carbons (Fsp3) is 0.600. The van der Waals surface area contributed by atoms with E-state index < -0.39 is 5.97 Å². The molecule has 0 amide bonds. The van der Waals surface area contributed by atoms with Crippen LogP contribution >= 0.6 is 15.9 Å². The van der Waals surface area contributed by atoms with Gasteiger partial charge in [0.05, 0.1) is 12.1 Å². The molecule has 0 atom stereocenters. The Morgan fingerprint density at radius 3 is 3.07 bits per heavy atom. The number of halogens is 1. The third kappa shape index (κ3) is 2.22. The zero-order chi connectivity index (χ0) is 10.8. The molecule has 82 valence electrons. The summed E-state index contributed by atoms with van der Waals surface area (Å²) in [6, 6.07) is 0. The van der Waals surface area contributed by atoms with Crippen LogP contribution in [0.5, 0.6) is 0 Å². The standard InChI is InChI=1S/C10H13BrN2O2/c11-10-7-3-1-2-6-13(7)8(12-10)4-5-9(14)15/h1-6H2,(H,14,15). The highest BCUT2D eigenvalue weighted by Crippen LogP contribution is 2.25. The summed E-state index contributed by atoms with van der Waals surface area (Å²) < 4.78 is 3.05. The van der Waals surface area contributed by atoms with Crippen molar-refractivity contribution >= 4 is 21.9 Å². The number of hydrogen-bond acceptors (Lipinski definition) is 2. The fourth-order valence-corrected chi connectivity index (χ4v) is 2.60. The Hall–Kier alpha value is -0.840. The topological polar surface area (TPSA) is 55.1 Å². The summed E-state index contributed by atoms with van der Waals surface area (Å²) in [6.45, 7) is 0.975. The van der Waals surface area contributed by atoms with Crippen molar-refractivity contribution in [3.63, 3.8) is 0 Å². The van der Waals surface area contributed by atoms with Gasteiger partial charge in [-0.25, -0.2) is 4.98 Å². The Morgan fingerprint density at radius 2 is 2.33 bits per heavy atom. The molecule has 0 aliphatic carbocycles. The Kier molecular flexibility index (Phi) is 3.09. The molecule has 1 N–H and O–H groups in total. The second-order valence-corrected chi connectivity index (χ2v) is 4.52. The molecule has 1 aromatic rings. The van der Waals surface area contributed by atoms with Gasteiger partial charge in [-0.2, -0.15) is 0 Å². The SMILES string of the molecule is O=C(O)CCc1nc(Br)c2n1CCCC2. The molecule has 0 saturated carbocycles. The van der Waals surface area contributed by atoms with Crippen LogP contribution < -0.4 is 0 Å². The molecule has 1 aromatic heterocycles. The van der Waals surface area contributed by atoms with E-state index in [9.17, 15) is 4.79 Å². The van der Waals surface area contributed by atoms with Crippen molar-refractivity contribution in [1.82, 2.24) is 9.55 Å². The van der Waals surface area contributed by atoms with Crippen molar-refractivity contribution in [2.24, 2.45) is 0 Å². The Balaban J connectivity index is 2.20. The van der Waals surface area contributed by atoms with E-state index in [0.717, 1.165) is 29.8 Å². The van der Waals surface area contributed by atoms with Gasteiger partial charge in [-0.15, -0.1) is 0 Å². The maximum Gasteiger partial charge on any atom is 0.303 e. The molecular formula is C10H13BrN2O2. The fourth-order valence-electron chi connectivity index (χ4n) is 1.98. The van der Waals surface area contributed by atoms with Crippen molar-refractivity contribution in [2.45, 2.75) is 38.6 Å². The van der Waals surface area contributed by atoms with Gasteiger partial charge in [0.2, 0.25) is 0 Å². The van der Waals surface area contributed by atoms with Crippen LogP contribution in [0.4, 0.5) is 0 Å². The number of aryl methyl sites for hydroxylation is 1. The summed E-state index contributed by atoms with van der Waals surface area (Å²) in [5.41, 5.74) is 1.22. The van der Waals surface area contributed by atoms with E-state index in [1.165, 1.54) is 12.1 Å². The zero-order valence-corrected chi connectivity index (χ0v) is 9.96. The third-order valence-electron chi connectivity index (χ3n) is 2.71. The lowest BCUT2D eigenvalue weighted by Crippen LogP contribution is -2.13. The first-order valence-electron chi connectivity index (χ1n) is 5.14. The number of imidazole rings is 1. The Morgan fingerprint density at radius 1 is 1.53 bits per heavy atom. The molecule has 0 aromatic carbocycles. The molecule has 15 heavy (non-hydrogen) atoms. The maximum absolute atomic E-state index is 10.5. The molecule has 0 radical (unpaired) electrons. The summed E-state index contributed by atoms with van der Waals surface area (Å²) in [5.74, 6) is 0.137. The zero-order valence-electron chi connectivity index (χ0n) is 8.37. The molecule has 0 saturated heterocycles. The van der Waals surface area contributed by atoms with Crippen molar-refractivity contribution < 1.29 is 9.90 Å². The number of carbonyl (C=O) groups is 1. The van der Waals surface area contributed by atoms with Crippen LogP contribution in [-0.4, -0.2) is 20.6 Å². The van der Waals surface area contributed by atoms with Gasteiger partial charge in [0.1, 0.15) is 10.4 Å². The summed E-state index contributed by atoms with van der Waals surface area (Å²) in [4.78, 5) is 14.9. The molecule has 1 aliphatic rings.